The molecule has 2 amide bonds. The predicted molar refractivity (Wildman–Crippen MR) is 93.0 cm³/mol. The van der Waals surface area contributed by atoms with Crippen LogP contribution in [0.25, 0.3) is 0 Å². The molecule has 1 aliphatic rings. The predicted octanol–water partition coefficient (Wildman–Crippen LogP) is 3.10. The molecule has 5 nitrogen and oxygen atoms in total. The summed E-state index contributed by atoms with van der Waals surface area (Å²) in [5.74, 6) is -1.31. The molecule has 2 aromatic rings. The lowest BCUT2D eigenvalue weighted by Gasteiger charge is -2.17. The zero-order chi connectivity index (χ0) is 17.3. The highest BCUT2D eigenvalue weighted by atomic mass is 16.3. The van der Waals surface area contributed by atoms with Gasteiger partial charge in [0.15, 0.2) is 0 Å². The molecule has 0 saturated heterocycles. The summed E-state index contributed by atoms with van der Waals surface area (Å²) >= 11 is 0. The van der Waals surface area contributed by atoms with Crippen LogP contribution in [0, 0.1) is 13.8 Å². The van der Waals surface area contributed by atoms with E-state index >= 15 is 0 Å². The lowest BCUT2D eigenvalue weighted by atomic mass is 10.1. The number of carbonyl (C=O) groups is 2. The van der Waals surface area contributed by atoms with Gasteiger partial charge < -0.3 is 15.3 Å². The summed E-state index contributed by atoms with van der Waals surface area (Å²) in [5.41, 5.74) is 3.18. The van der Waals surface area contributed by atoms with Crippen LogP contribution in [0.5, 0.6) is 0 Å². The van der Waals surface area contributed by atoms with Crippen LogP contribution in [-0.2, 0) is 9.59 Å². The number of carbonyl (C=O) groups excluding carboxylic acids is 2. The van der Waals surface area contributed by atoms with Crippen LogP contribution in [0.15, 0.2) is 59.9 Å². The zero-order valence-electron chi connectivity index (χ0n) is 13.5. The number of nitrogens with zero attached hydrogens (tertiary/aromatic N) is 1. The van der Waals surface area contributed by atoms with E-state index in [0.29, 0.717) is 11.4 Å². The number of rotatable bonds is 3. The van der Waals surface area contributed by atoms with Crippen LogP contribution in [0.3, 0.4) is 0 Å². The maximum absolute atomic E-state index is 12.6. The van der Waals surface area contributed by atoms with Gasteiger partial charge in [0, 0.05) is 11.4 Å². The Morgan fingerprint density at radius 1 is 1.08 bits per heavy atom. The van der Waals surface area contributed by atoms with Crippen LogP contribution in [-0.4, -0.2) is 23.5 Å². The molecule has 0 aromatic heterocycles. The number of hydrogen-bond donors (Lipinski definition) is 2. The molecular formula is C19H18N2O3. The second-order valence-corrected chi connectivity index (χ2v) is 5.80. The minimum Gasteiger partial charge on any atom is -0.509 e. The first kappa shape index (κ1) is 15.8. The molecule has 0 saturated carbocycles. The van der Waals surface area contributed by atoms with Crippen LogP contribution in [0.1, 0.15) is 11.1 Å². The third-order valence-corrected chi connectivity index (χ3v) is 4.12. The molecule has 0 spiro atoms. The van der Waals surface area contributed by atoms with Crippen molar-refractivity contribution in [3.05, 3.63) is 71.0 Å². The highest BCUT2D eigenvalue weighted by molar-refractivity contribution is 6.29. The molecule has 0 fully saturated rings. The molecule has 3 rings (SSSR count). The van der Waals surface area contributed by atoms with Crippen molar-refractivity contribution in [2.75, 3.05) is 16.8 Å². The number of anilines is 2. The van der Waals surface area contributed by atoms with E-state index in [0.717, 1.165) is 11.1 Å². The van der Waals surface area contributed by atoms with Gasteiger partial charge in [0.2, 0.25) is 0 Å². The van der Waals surface area contributed by atoms with Crippen molar-refractivity contribution >= 4 is 23.2 Å². The van der Waals surface area contributed by atoms with Crippen LogP contribution < -0.4 is 10.2 Å². The minimum absolute atomic E-state index is 0.00111. The van der Waals surface area contributed by atoms with Gasteiger partial charge in [0.1, 0.15) is 11.3 Å². The summed E-state index contributed by atoms with van der Waals surface area (Å²) in [6, 6.07) is 14.4. The van der Waals surface area contributed by atoms with Crippen molar-refractivity contribution < 1.29 is 14.7 Å². The minimum atomic E-state index is -0.602. The van der Waals surface area contributed by atoms with Crippen molar-refractivity contribution in [1.29, 1.82) is 0 Å². The van der Waals surface area contributed by atoms with E-state index in [9.17, 15) is 14.7 Å². The largest absolute Gasteiger partial charge is 0.509 e. The molecule has 2 N–H and O–H groups in total. The maximum atomic E-state index is 12.6. The third-order valence-electron chi connectivity index (χ3n) is 4.12. The van der Waals surface area contributed by atoms with Crippen molar-refractivity contribution in [3.63, 3.8) is 0 Å². The zero-order valence-corrected chi connectivity index (χ0v) is 13.5. The lowest BCUT2D eigenvalue weighted by molar-refractivity contribution is -0.119. The topological polar surface area (TPSA) is 69.6 Å². The van der Waals surface area contributed by atoms with E-state index in [1.807, 2.05) is 38.1 Å². The summed E-state index contributed by atoms with van der Waals surface area (Å²) in [5, 5.41) is 12.8. The molecule has 0 aliphatic carbocycles. The van der Waals surface area contributed by atoms with E-state index in [1.165, 1.54) is 4.90 Å². The van der Waals surface area contributed by atoms with Gasteiger partial charge in [-0.2, -0.15) is 0 Å². The normalized spacial score (nSPS) is 14.2. The Morgan fingerprint density at radius 3 is 2.46 bits per heavy atom. The highest BCUT2D eigenvalue weighted by Crippen LogP contribution is 2.27. The Balaban J connectivity index is 1.82. The van der Waals surface area contributed by atoms with E-state index in [1.54, 1.807) is 24.3 Å². The average Bonchev–Trinajstić information content (AvgIpc) is 2.86. The second-order valence-electron chi connectivity index (χ2n) is 5.80. The van der Waals surface area contributed by atoms with E-state index < -0.39 is 11.8 Å². The summed E-state index contributed by atoms with van der Waals surface area (Å²) < 4.78 is 0. The molecule has 0 radical (unpaired) electrons. The van der Waals surface area contributed by atoms with E-state index in [4.69, 9.17) is 0 Å². The summed E-state index contributed by atoms with van der Waals surface area (Å²) in [7, 11) is 0. The number of amides is 2. The number of aryl methyl sites for hydroxylation is 2. The summed E-state index contributed by atoms with van der Waals surface area (Å²) in [4.78, 5) is 26.4. The van der Waals surface area contributed by atoms with Crippen LogP contribution in [0.2, 0.25) is 0 Å². The number of aliphatic hydroxyl groups is 1. The van der Waals surface area contributed by atoms with Gasteiger partial charge in [-0.15, -0.1) is 0 Å². The molecule has 1 aliphatic heterocycles. The first-order valence-corrected chi connectivity index (χ1v) is 7.65. The second kappa shape index (κ2) is 6.20. The van der Waals surface area contributed by atoms with Gasteiger partial charge in [-0.1, -0.05) is 24.3 Å². The third kappa shape index (κ3) is 2.88. The van der Waals surface area contributed by atoms with Gasteiger partial charge in [0.05, 0.1) is 6.54 Å². The van der Waals surface area contributed by atoms with Crippen molar-refractivity contribution in [2.24, 2.45) is 0 Å². The molecular weight excluding hydrogens is 304 g/mol. The fourth-order valence-corrected chi connectivity index (χ4v) is 2.60. The first-order valence-electron chi connectivity index (χ1n) is 7.65. The number of para-hydroxylation sites is 1. The standard InChI is InChI=1S/C19H18N2O3/c1-12-8-9-15(10-13(12)2)21-11-16(22)17(19(21)24)18(23)20-14-6-4-3-5-7-14/h3-10,22H,11H2,1-2H3,(H,20,23). The van der Waals surface area contributed by atoms with Crippen LogP contribution in [0.4, 0.5) is 11.4 Å². The number of nitrogens with one attached hydrogen (secondary N) is 1. The van der Waals surface area contributed by atoms with Gasteiger partial charge in [0.25, 0.3) is 11.8 Å². The highest BCUT2D eigenvalue weighted by Gasteiger charge is 2.36. The molecule has 1 heterocycles. The molecule has 5 heteroatoms. The van der Waals surface area contributed by atoms with Gasteiger partial charge in [-0.05, 0) is 49.2 Å². The number of aliphatic hydroxyl groups excluding tert-OH is 1. The molecule has 122 valence electrons. The molecule has 0 unspecified atom stereocenters. The fraction of sp³-hybridized carbons (Fsp3) is 0.158. The Morgan fingerprint density at radius 2 is 1.79 bits per heavy atom. The van der Waals surface area contributed by atoms with Gasteiger partial charge >= 0.3 is 0 Å². The van der Waals surface area contributed by atoms with Crippen molar-refractivity contribution in [3.8, 4) is 0 Å². The summed E-state index contributed by atoms with van der Waals surface area (Å²) in [6.45, 7) is 3.94. The van der Waals surface area contributed by atoms with Crippen molar-refractivity contribution in [1.82, 2.24) is 0 Å². The SMILES string of the molecule is Cc1ccc(N2CC(O)=C(C(=O)Nc3ccccc3)C2=O)cc1C. The quantitative estimate of drug-likeness (QED) is 0.853. The smallest absolute Gasteiger partial charge is 0.267 e. The lowest BCUT2D eigenvalue weighted by Crippen LogP contribution is -2.30. The number of benzene rings is 2. The summed E-state index contributed by atoms with van der Waals surface area (Å²) in [6.07, 6.45) is 0. The molecule has 2 aromatic carbocycles. The first-order chi connectivity index (χ1) is 11.5. The molecule has 0 atom stereocenters. The van der Waals surface area contributed by atoms with Gasteiger partial charge in [-0.25, -0.2) is 0 Å². The Hall–Kier alpha value is -3.08. The van der Waals surface area contributed by atoms with E-state index in [2.05, 4.69) is 5.32 Å². The van der Waals surface area contributed by atoms with Crippen LogP contribution >= 0.6 is 0 Å². The maximum Gasteiger partial charge on any atom is 0.267 e. The fourth-order valence-electron chi connectivity index (χ4n) is 2.60. The average molecular weight is 322 g/mol. The Kier molecular flexibility index (Phi) is 4.08. The molecule has 0 bridgehead atoms. The number of hydrogen-bond acceptors (Lipinski definition) is 3. The molecule has 24 heavy (non-hydrogen) atoms. The Bertz CT molecular complexity index is 841. The van der Waals surface area contributed by atoms with Crippen molar-refractivity contribution in [2.45, 2.75) is 13.8 Å². The Labute approximate surface area is 140 Å². The monoisotopic (exact) mass is 322 g/mol. The van der Waals surface area contributed by atoms with E-state index in [-0.39, 0.29) is 17.9 Å². The van der Waals surface area contributed by atoms with Gasteiger partial charge in [-0.3, -0.25) is 9.59 Å².